The molecule has 3 rings (SSSR count). The van der Waals surface area contributed by atoms with Gasteiger partial charge in [-0.3, -0.25) is 0 Å². The number of hydrogen-bond acceptors (Lipinski definition) is 4. The highest BCUT2D eigenvalue weighted by molar-refractivity contribution is 7.18. The van der Waals surface area contributed by atoms with Crippen LogP contribution in [0.15, 0.2) is 36.7 Å². The maximum absolute atomic E-state index is 5.62. The van der Waals surface area contributed by atoms with Gasteiger partial charge in [-0.05, 0) is 12.1 Å². The van der Waals surface area contributed by atoms with E-state index in [1.54, 1.807) is 17.5 Å². The predicted molar refractivity (Wildman–Crippen MR) is 68.8 cm³/mol. The molecule has 3 aromatic rings. The van der Waals surface area contributed by atoms with Crippen LogP contribution < -0.4 is 5.73 Å². The fourth-order valence-corrected chi connectivity index (χ4v) is 2.77. The topological polar surface area (TPSA) is 56.7 Å². The number of nitrogens with zero attached hydrogens (tertiary/aromatic N) is 3. The summed E-state index contributed by atoms with van der Waals surface area (Å²) >= 11 is 1.71. The monoisotopic (exact) mass is 244 g/mol. The SMILES string of the molecule is NCc1nccn1Cc1nc2ccccc2s1. The molecule has 2 heterocycles. The van der Waals surface area contributed by atoms with Crippen LogP contribution in [0.2, 0.25) is 0 Å². The molecule has 86 valence electrons. The van der Waals surface area contributed by atoms with E-state index in [9.17, 15) is 0 Å². The van der Waals surface area contributed by atoms with Gasteiger partial charge in [0.25, 0.3) is 0 Å². The van der Waals surface area contributed by atoms with Gasteiger partial charge in [-0.2, -0.15) is 0 Å². The highest BCUT2D eigenvalue weighted by Gasteiger charge is 2.06. The molecule has 0 radical (unpaired) electrons. The van der Waals surface area contributed by atoms with E-state index in [1.165, 1.54) is 4.70 Å². The second-order valence-electron chi connectivity index (χ2n) is 3.75. The van der Waals surface area contributed by atoms with Crippen LogP contribution in [-0.4, -0.2) is 14.5 Å². The first-order chi connectivity index (χ1) is 8.36. The molecule has 0 bridgehead atoms. The summed E-state index contributed by atoms with van der Waals surface area (Å²) in [5.74, 6) is 0.893. The number of para-hydroxylation sites is 1. The Bertz CT molecular complexity index is 608. The minimum Gasteiger partial charge on any atom is -0.327 e. The number of nitrogens with two attached hydrogens (primary N) is 1. The molecule has 0 fully saturated rings. The van der Waals surface area contributed by atoms with Gasteiger partial charge >= 0.3 is 0 Å². The van der Waals surface area contributed by atoms with Crippen molar-refractivity contribution in [3.63, 3.8) is 0 Å². The van der Waals surface area contributed by atoms with E-state index in [0.29, 0.717) is 6.54 Å². The minimum absolute atomic E-state index is 0.456. The van der Waals surface area contributed by atoms with Crippen LogP contribution >= 0.6 is 11.3 Å². The summed E-state index contributed by atoms with van der Waals surface area (Å²) in [4.78, 5) is 8.79. The van der Waals surface area contributed by atoms with Crippen molar-refractivity contribution in [2.45, 2.75) is 13.1 Å². The van der Waals surface area contributed by atoms with Gasteiger partial charge in [-0.1, -0.05) is 12.1 Å². The average Bonchev–Trinajstić information content (AvgIpc) is 2.94. The molecular weight excluding hydrogens is 232 g/mol. The quantitative estimate of drug-likeness (QED) is 0.766. The van der Waals surface area contributed by atoms with E-state index in [-0.39, 0.29) is 0 Å². The van der Waals surface area contributed by atoms with Gasteiger partial charge in [0.2, 0.25) is 0 Å². The summed E-state index contributed by atoms with van der Waals surface area (Å²) in [6.07, 6.45) is 3.71. The standard InChI is InChI=1S/C12H12N4S/c13-7-11-14-5-6-16(11)8-12-15-9-3-1-2-4-10(9)17-12/h1-6H,7-8,13H2. The smallest absolute Gasteiger partial charge is 0.122 e. The van der Waals surface area contributed by atoms with Crippen LogP contribution in [0.4, 0.5) is 0 Å². The van der Waals surface area contributed by atoms with Crippen molar-refractivity contribution in [3.05, 3.63) is 47.5 Å². The summed E-state index contributed by atoms with van der Waals surface area (Å²) in [7, 11) is 0. The molecule has 0 aliphatic rings. The molecule has 0 atom stereocenters. The van der Waals surface area contributed by atoms with Crippen LogP contribution in [0, 0.1) is 0 Å². The molecule has 17 heavy (non-hydrogen) atoms. The van der Waals surface area contributed by atoms with Gasteiger partial charge in [0.05, 0.1) is 23.3 Å². The number of imidazole rings is 1. The van der Waals surface area contributed by atoms with E-state index < -0.39 is 0 Å². The Labute approximate surface area is 103 Å². The third kappa shape index (κ3) is 1.94. The van der Waals surface area contributed by atoms with Gasteiger partial charge < -0.3 is 10.3 Å². The van der Waals surface area contributed by atoms with Crippen LogP contribution in [0.3, 0.4) is 0 Å². The van der Waals surface area contributed by atoms with Crippen LogP contribution in [0.25, 0.3) is 10.2 Å². The van der Waals surface area contributed by atoms with Gasteiger partial charge in [0.1, 0.15) is 10.8 Å². The van der Waals surface area contributed by atoms with Crippen LogP contribution in [0.5, 0.6) is 0 Å². The molecule has 1 aromatic carbocycles. The molecule has 0 aliphatic carbocycles. The normalized spacial score (nSPS) is 11.1. The Kier molecular flexibility index (Phi) is 2.62. The molecule has 0 aliphatic heterocycles. The Morgan fingerprint density at radius 1 is 1.29 bits per heavy atom. The lowest BCUT2D eigenvalue weighted by Crippen LogP contribution is -2.08. The van der Waals surface area contributed by atoms with Crippen molar-refractivity contribution < 1.29 is 0 Å². The fraction of sp³-hybridized carbons (Fsp3) is 0.167. The van der Waals surface area contributed by atoms with Crippen LogP contribution in [0.1, 0.15) is 10.8 Å². The lowest BCUT2D eigenvalue weighted by atomic mass is 10.3. The Morgan fingerprint density at radius 3 is 3.00 bits per heavy atom. The average molecular weight is 244 g/mol. The van der Waals surface area contributed by atoms with Crippen LogP contribution in [-0.2, 0) is 13.1 Å². The second kappa shape index (κ2) is 4.27. The lowest BCUT2D eigenvalue weighted by Gasteiger charge is -2.02. The van der Waals surface area contributed by atoms with E-state index in [2.05, 4.69) is 16.0 Å². The first-order valence-corrected chi connectivity index (χ1v) is 6.23. The zero-order valence-electron chi connectivity index (χ0n) is 9.21. The summed E-state index contributed by atoms with van der Waals surface area (Å²) in [5, 5.41) is 1.08. The zero-order chi connectivity index (χ0) is 11.7. The van der Waals surface area contributed by atoms with Gasteiger partial charge in [-0.25, -0.2) is 9.97 Å². The van der Waals surface area contributed by atoms with Crippen molar-refractivity contribution in [1.82, 2.24) is 14.5 Å². The molecule has 0 spiro atoms. The summed E-state index contributed by atoms with van der Waals surface area (Å²) in [6, 6.07) is 8.17. The number of rotatable bonds is 3. The Morgan fingerprint density at radius 2 is 2.18 bits per heavy atom. The number of benzene rings is 1. The third-order valence-corrected chi connectivity index (χ3v) is 3.65. The minimum atomic E-state index is 0.456. The maximum Gasteiger partial charge on any atom is 0.122 e. The van der Waals surface area contributed by atoms with Crippen molar-refractivity contribution in [3.8, 4) is 0 Å². The first-order valence-electron chi connectivity index (χ1n) is 5.41. The molecule has 0 unspecified atom stereocenters. The van der Waals surface area contributed by atoms with E-state index in [4.69, 9.17) is 5.73 Å². The number of thiazole rings is 1. The summed E-state index contributed by atoms with van der Waals surface area (Å²) in [6.45, 7) is 1.20. The first kappa shape index (κ1) is 10.4. The molecule has 0 amide bonds. The van der Waals surface area contributed by atoms with Crippen molar-refractivity contribution in [1.29, 1.82) is 0 Å². The molecular formula is C12H12N4S. The largest absolute Gasteiger partial charge is 0.327 e. The number of hydrogen-bond donors (Lipinski definition) is 1. The fourth-order valence-electron chi connectivity index (χ4n) is 1.81. The van der Waals surface area contributed by atoms with Gasteiger partial charge in [0.15, 0.2) is 0 Å². The Balaban J connectivity index is 1.94. The van der Waals surface area contributed by atoms with Crippen molar-refractivity contribution in [2.24, 2.45) is 5.73 Å². The predicted octanol–water partition coefficient (Wildman–Crippen LogP) is 2.00. The Hall–Kier alpha value is -1.72. The highest BCUT2D eigenvalue weighted by Crippen LogP contribution is 2.22. The summed E-state index contributed by atoms with van der Waals surface area (Å²) in [5.41, 5.74) is 6.68. The van der Waals surface area contributed by atoms with E-state index in [0.717, 1.165) is 22.9 Å². The van der Waals surface area contributed by atoms with Gasteiger partial charge in [0, 0.05) is 12.4 Å². The van der Waals surface area contributed by atoms with Gasteiger partial charge in [-0.15, -0.1) is 11.3 Å². The molecule has 2 N–H and O–H groups in total. The molecule has 0 saturated heterocycles. The highest BCUT2D eigenvalue weighted by atomic mass is 32.1. The number of fused-ring (bicyclic) bond motifs is 1. The lowest BCUT2D eigenvalue weighted by molar-refractivity contribution is 0.721. The molecule has 0 saturated carbocycles. The van der Waals surface area contributed by atoms with E-state index in [1.807, 2.05) is 29.0 Å². The van der Waals surface area contributed by atoms with Crippen molar-refractivity contribution >= 4 is 21.6 Å². The number of aromatic nitrogens is 3. The zero-order valence-corrected chi connectivity index (χ0v) is 10.0. The second-order valence-corrected chi connectivity index (χ2v) is 4.87. The molecule has 2 aromatic heterocycles. The van der Waals surface area contributed by atoms with E-state index >= 15 is 0 Å². The third-order valence-electron chi connectivity index (χ3n) is 2.63. The van der Waals surface area contributed by atoms with Crippen molar-refractivity contribution in [2.75, 3.05) is 0 Å². The molecule has 4 nitrogen and oxygen atoms in total. The summed E-state index contributed by atoms with van der Waals surface area (Å²) < 4.78 is 3.26. The maximum atomic E-state index is 5.62. The molecule has 5 heteroatoms.